The highest BCUT2D eigenvalue weighted by atomic mass is 35.5. The van der Waals surface area contributed by atoms with Gasteiger partial charge in [0.05, 0.1) is 0 Å². The van der Waals surface area contributed by atoms with E-state index in [0.717, 1.165) is 22.9 Å². The van der Waals surface area contributed by atoms with Crippen molar-refractivity contribution in [1.82, 2.24) is 9.97 Å². The number of nitrogen functional groups attached to an aromatic ring is 1. The molecule has 23 heavy (non-hydrogen) atoms. The average Bonchev–Trinajstić information content (AvgIpc) is 2.56. The number of hydrogen-bond acceptors (Lipinski definition) is 5. The summed E-state index contributed by atoms with van der Waals surface area (Å²) in [4.78, 5) is 11.0. The quantitative estimate of drug-likeness (QED) is 0.894. The number of nitrogens with one attached hydrogen (secondary N) is 1. The van der Waals surface area contributed by atoms with E-state index in [4.69, 9.17) is 17.3 Å². The second-order valence-corrected chi connectivity index (χ2v) is 6.35. The van der Waals surface area contributed by atoms with Crippen molar-refractivity contribution in [2.24, 2.45) is 0 Å². The largest absolute Gasteiger partial charge is 0.393 e. The van der Waals surface area contributed by atoms with Gasteiger partial charge in [0.25, 0.3) is 0 Å². The van der Waals surface area contributed by atoms with E-state index in [0.29, 0.717) is 24.1 Å². The molecule has 122 valence electrons. The monoisotopic (exact) mass is 331 g/mol. The van der Waals surface area contributed by atoms with Crippen molar-refractivity contribution in [3.05, 3.63) is 41.2 Å². The Morgan fingerprint density at radius 2 is 2.13 bits per heavy atom. The number of piperidine rings is 1. The maximum absolute atomic E-state index is 6.32. The molecule has 1 aromatic heterocycles. The van der Waals surface area contributed by atoms with Crippen LogP contribution in [0, 0.1) is 0 Å². The van der Waals surface area contributed by atoms with Gasteiger partial charge in [0.15, 0.2) is 11.6 Å². The van der Waals surface area contributed by atoms with Crippen molar-refractivity contribution in [2.75, 3.05) is 22.5 Å². The molecule has 1 atom stereocenters. The predicted molar refractivity (Wildman–Crippen MR) is 95.9 cm³/mol. The highest BCUT2D eigenvalue weighted by Gasteiger charge is 2.22. The topological polar surface area (TPSA) is 67.1 Å². The molecule has 0 saturated carbocycles. The van der Waals surface area contributed by atoms with Gasteiger partial charge >= 0.3 is 0 Å². The minimum Gasteiger partial charge on any atom is -0.393 e. The Morgan fingerprint density at radius 3 is 2.91 bits per heavy atom. The normalized spacial score (nSPS) is 18.0. The fraction of sp³-hybridized carbons (Fsp3) is 0.412. The molecule has 0 bridgehead atoms. The van der Waals surface area contributed by atoms with Crippen molar-refractivity contribution in [3.63, 3.8) is 0 Å². The lowest BCUT2D eigenvalue weighted by Gasteiger charge is -2.35. The fourth-order valence-electron chi connectivity index (χ4n) is 2.99. The van der Waals surface area contributed by atoms with Gasteiger partial charge in [-0.3, -0.25) is 0 Å². The molecule has 1 aliphatic heterocycles. The van der Waals surface area contributed by atoms with Crippen LogP contribution in [0.3, 0.4) is 0 Å². The van der Waals surface area contributed by atoms with Gasteiger partial charge in [0.2, 0.25) is 0 Å². The number of nitrogens with zero attached hydrogens (tertiary/aromatic N) is 3. The van der Waals surface area contributed by atoms with E-state index in [9.17, 15) is 0 Å². The zero-order valence-corrected chi connectivity index (χ0v) is 14.1. The minimum absolute atomic E-state index is 0.456. The molecule has 1 aliphatic rings. The molecule has 0 aliphatic carbocycles. The predicted octanol–water partition coefficient (Wildman–Crippen LogP) is 3.70. The van der Waals surface area contributed by atoms with Crippen LogP contribution in [-0.4, -0.2) is 22.6 Å². The molecule has 5 nitrogen and oxygen atoms in total. The number of nitrogens with two attached hydrogens (primary N) is 1. The number of anilines is 3. The second kappa shape index (κ2) is 7.04. The molecule has 1 fully saturated rings. The van der Waals surface area contributed by atoms with E-state index in [1.54, 1.807) is 6.33 Å². The van der Waals surface area contributed by atoms with Crippen molar-refractivity contribution >= 4 is 28.9 Å². The average molecular weight is 332 g/mol. The molecule has 1 saturated heterocycles. The summed E-state index contributed by atoms with van der Waals surface area (Å²) in [5, 5.41) is 4.01. The number of benzene rings is 1. The van der Waals surface area contributed by atoms with Crippen LogP contribution in [0.25, 0.3) is 0 Å². The van der Waals surface area contributed by atoms with Crippen LogP contribution in [-0.2, 0) is 6.54 Å². The Kier molecular flexibility index (Phi) is 4.86. The summed E-state index contributed by atoms with van der Waals surface area (Å²) in [5.74, 6) is 1.49. The molecular formula is C17H22ClN5. The van der Waals surface area contributed by atoms with Gasteiger partial charge in [-0.15, -0.1) is 0 Å². The third kappa shape index (κ3) is 3.50. The summed E-state index contributed by atoms with van der Waals surface area (Å²) in [6.45, 7) is 3.79. The molecule has 1 aromatic carbocycles. The maximum atomic E-state index is 6.32. The summed E-state index contributed by atoms with van der Waals surface area (Å²) < 4.78 is 0. The van der Waals surface area contributed by atoms with E-state index < -0.39 is 0 Å². The first-order valence-corrected chi connectivity index (χ1v) is 8.39. The van der Waals surface area contributed by atoms with Crippen LogP contribution in [0.1, 0.15) is 31.7 Å². The maximum Gasteiger partial charge on any atom is 0.157 e. The fourth-order valence-corrected chi connectivity index (χ4v) is 3.19. The third-order valence-corrected chi connectivity index (χ3v) is 4.71. The van der Waals surface area contributed by atoms with Crippen LogP contribution in [0.5, 0.6) is 0 Å². The minimum atomic E-state index is 0.456. The first-order valence-electron chi connectivity index (χ1n) is 8.01. The summed E-state index contributed by atoms with van der Waals surface area (Å²) in [6, 6.07) is 8.20. The lowest BCUT2D eigenvalue weighted by Crippen LogP contribution is -2.38. The lowest BCUT2D eigenvalue weighted by atomic mass is 10.0. The van der Waals surface area contributed by atoms with Crippen LogP contribution in [0.4, 0.5) is 17.3 Å². The molecule has 2 heterocycles. The van der Waals surface area contributed by atoms with E-state index >= 15 is 0 Å². The summed E-state index contributed by atoms with van der Waals surface area (Å²) >= 11 is 6.19. The molecule has 0 radical (unpaired) electrons. The van der Waals surface area contributed by atoms with E-state index in [1.807, 2.05) is 24.3 Å². The zero-order valence-electron chi connectivity index (χ0n) is 13.3. The number of rotatable bonds is 4. The SMILES string of the molecule is CC1CCCCN1c1ncnc(NCc2ccccc2Cl)c1N. The summed E-state index contributed by atoms with van der Waals surface area (Å²) in [6.07, 6.45) is 5.18. The van der Waals surface area contributed by atoms with Gasteiger partial charge in [-0.1, -0.05) is 29.8 Å². The molecular weight excluding hydrogens is 310 g/mol. The van der Waals surface area contributed by atoms with Gasteiger partial charge in [0.1, 0.15) is 12.0 Å². The van der Waals surface area contributed by atoms with Crippen LogP contribution < -0.4 is 16.0 Å². The molecule has 2 aromatic rings. The first-order chi connectivity index (χ1) is 11.2. The highest BCUT2D eigenvalue weighted by molar-refractivity contribution is 6.31. The molecule has 0 amide bonds. The molecule has 6 heteroatoms. The smallest absolute Gasteiger partial charge is 0.157 e. The summed E-state index contributed by atoms with van der Waals surface area (Å²) in [7, 11) is 0. The van der Waals surface area contributed by atoms with Gasteiger partial charge in [-0.25, -0.2) is 9.97 Å². The highest BCUT2D eigenvalue weighted by Crippen LogP contribution is 2.31. The van der Waals surface area contributed by atoms with E-state index in [1.165, 1.54) is 19.3 Å². The molecule has 3 rings (SSSR count). The Hall–Kier alpha value is -2.01. The zero-order chi connectivity index (χ0) is 16.2. The Balaban J connectivity index is 1.78. The number of halogens is 1. The third-order valence-electron chi connectivity index (χ3n) is 4.34. The lowest BCUT2D eigenvalue weighted by molar-refractivity contribution is 0.481. The standard InChI is InChI=1S/C17H22ClN5/c1-12-6-4-5-9-23(12)17-15(19)16(21-11-22-17)20-10-13-7-2-3-8-14(13)18/h2-3,7-8,11-12H,4-6,9-10,19H2,1H3,(H,20,21,22). The Morgan fingerprint density at radius 1 is 1.30 bits per heavy atom. The van der Waals surface area contributed by atoms with Gasteiger partial charge < -0.3 is 16.0 Å². The number of aromatic nitrogens is 2. The molecule has 1 unspecified atom stereocenters. The van der Waals surface area contributed by atoms with E-state index in [2.05, 4.69) is 27.1 Å². The van der Waals surface area contributed by atoms with Crippen molar-refractivity contribution in [1.29, 1.82) is 0 Å². The second-order valence-electron chi connectivity index (χ2n) is 5.94. The first kappa shape index (κ1) is 15.9. The Labute approximate surface area is 141 Å². The Bertz CT molecular complexity index is 676. The van der Waals surface area contributed by atoms with Crippen LogP contribution in [0.2, 0.25) is 5.02 Å². The van der Waals surface area contributed by atoms with Gasteiger partial charge in [-0.05, 0) is 37.8 Å². The number of hydrogen-bond donors (Lipinski definition) is 2. The van der Waals surface area contributed by atoms with Gasteiger partial charge in [-0.2, -0.15) is 0 Å². The van der Waals surface area contributed by atoms with Crippen LogP contribution >= 0.6 is 11.6 Å². The van der Waals surface area contributed by atoms with Crippen molar-refractivity contribution in [3.8, 4) is 0 Å². The van der Waals surface area contributed by atoms with Crippen molar-refractivity contribution in [2.45, 2.75) is 38.8 Å². The van der Waals surface area contributed by atoms with Gasteiger partial charge in [0, 0.05) is 24.2 Å². The molecule has 3 N–H and O–H groups in total. The summed E-state index contributed by atoms with van der Waals surface area (Å²) in [5.41, 5.74) is 7.94. The molecule has 0 spiro atoms. The van der Waals surface area contributed by atoms with Crippen LogP contribution in [0.15, 0.2) is 30.6 Å². The van der Waals surface area contributed by atoms with E-state index in [-0.39, 0.29) is 0 Å². The van der Waals surface area contributed by atoms with Crippen molar-refractivity contribution < 1.29 is 0 Å².